The van der Waals surface area contributed by atoms with E-state index in [2.05, 4.69) is 11.6 Å². The van der Waals surface area contributed by atoms with Crippen molar-refractivity contribution in [3.8, 4) is 17.2 Å². The summed E-state index contributed by atoms with van der Waals surface area (Å²) in [6.07, 6.45) is 1.44. The standard InChI is InChI=1S/C35H32N2O8S/c1-6-16-44-34(41)32-21(3)36-35(46-32)37-29(23-12-15-26(42-4)27(18-23)43-5)28(31(39)33(37)40)30(38)24-13-14-25(20(2)17-24)45-19-22-10-8-7-9-11-22/h6-15,17-18,29,38H,1,16,19H2,2-5H3/t29-/m0/s1. The normalized spacial score (nSPS) is 15.5. The fourth-order valence-electron chi connectivity index (χ4n) is 5.09. The summed E-state index contributed by atoms with van der Waals surface area (Å²) in [6, 6.07) is 18.6. The van der Waals surface area contributed by atoms with Gasteiger partial charge in [-0.2, -0.15) is 0 Å². The van der Waals surface area contributed by atoms with Crippen LogP contribution in [0.4, 0.5) is 5.13 Å². The molecule has 1 fully saturated rings. The van der Waals surface area contributed by atoms with Crippen LogP contribution in [0.2, 0.25) is 0 Å². The SMILES string of the molecule is C=CCOC(=O)c1sc(N2C(=O)C(=O)C(=C(O)c3ccc(OCc4ccccc4)c(C)c3)[C@@H]2c2ccc(OC)c(OC)c2)nc1C. The lowest BCUT2D eigenvalue weighted by atomic mass is 9.94. The van der Waals surface area contributed by atoms with Crippen molar-refractivity contribution >= 4 is 39.9 Å². The number of aryl methyl sites for hydroxylation is 2. The van der Waals surface area contributed by atoms with Gasteiger partial charge in [0.25, 0.3) is 5.78 Å². The van der Waals surface area contributed by atoms with E-state index < -0.39 is 23.7 Å². The van der Waals surface area contributed by atoms with Crippen LogP contribution in [0.3, 0.4) is 0 Å². The number of rotatable bonds is 11. The number of aliphatic hydroxyl groups is 1. The van der Waals surface area contributed by atoms with Gasteiger partial charge in [0.2, 0.25) is 0 Å². The van der Waals surface area contributed by atoms with Crippen molar-refractivity contribution in [2.75, 3.05) is 25.7 Å². The Morgan fingerprint density at radius 2 is 1.72 bits per heavy atom. The number of methoxy groups -OCH3 is 2. The highest BCUT2D eigenvalue weighted by molar-refractivity contribution is 7.17. The molecule has 1 aliphatic heterocycles. The van der Waals surface area contributed by atoms with Crippen LogP contribution in [0.5, 0.6) is 17.2 Å². The first-order chi connectivity index (χ1) is 22.2. The van der Waals surface area contributed by atoms with Crippen LogP contribution < -0.4 is 19.1 Å². The molecule has 1 aromatic heterocycles. The first kappa shape index (κ1) is 32.0. The molecule has 0 saturated carbocycles. The van der Waals surface area contributed by atoms with Crippen LogP contribution in [0.25, 0.3) is 5.76 Å². The Balaban J connectivity index is 1.60. The minimum absolute atomic E-state index is 0.00281. The van der Waals surface area contributed by atoms with Crippen molar-refractivity contribution < 1.29 is 38.4 Å². The Morgan fingerprint density at radius 1 is 1.00 bits per heavy atom. The quantitative estimate of drug-likeness (QED) is 0.0659. The maximum absolute atomic E-state index is 13.7. The zero-order valence-corrected chi connectivity index (χ0v) is 26.6. The number of hydrogen-bond donors (Lipinski definition) is 1. The number of aliphatic hydroxyl groups excluding tert-OH is 1. The molecule has 10 nitrogen and oxygen atoms in total. The van der Waals surface area contributed by atoms with Crippen LogP contribution in [0.15, 0.2) is 85.0 Å². The summed E-state index contributed by atoms with van der Waals surface area (Å²) >= 11 is 0.911. The molecule has 1 N–H and O–H groups in total. The first-order valence-corrected chi connectivity index (χ1v) is 15.1. The molecule has 0 aliphatic carbocycles. The molecule has 1 amide bonds. The number of anilines is 1. The molecule has 5 rings (SSSR count). The number of hydrogen-bond acceptors (Lipinski definition) is 10. The number of ether oxygens (including phenoxy) is 4. The second kappa shape index (κ2) is 13.7. The number of aromatic nitrogens is 1. The number of thiazole rings is 1. The zero-order chi connectivity index (χ0) is 33.0. The molecule has 0 unspecified atom stereocenters. The monoisotopic (exact) mass is 640 g/mol. The Bertz CT molecular complexity index is 1850. The molecule has 0 spiro atoms. The summed E-state index contributed by atoms with van der Waals surface area (Å²) in [5.74, 6) is -1.45. The lowest BCUT2D eigenvalue weighted by Gasteiger charge is -2.24. The van der Waals surface area contributed by atoms with Gasteiger partial charge in [-0.15, -0.1) is 0 Å². The summed E-state index contributed by atoms with van der Waals surface area (Å²) in [5, 5.41) is 11.8. The Kier molecular flexibility index (Phi) is 9.53. The van der Waals surface area contributed by atoms with Crippen LogP contribution in [0.1, 0.15) is 43.7 Å². The molecular weight excluding hydrogens is 608 g/mol. The Hall–Kier alpha value is -5.42. The van der Waals surface area contributed by atoms with Gasteiger partial charge < -0.3 is 24.1 Å². The van der Waals surface area contributed by atoms with Gasteiger partial charge in [-0.05, 0) is 60.9 Å². The molecular formula is C35H32N2O8S. The van der Waals surface area contributed by atoms with Crippen molar-refractivity contribution in [2.45, 2.75) is 26.5 Å². The highest BCUT2D eigenvalue weighted by Gasteiger charge is 2.48. The van der Waals surface area contributed by atoms with E-state index in [9.17, 15) is 19.5 Å². The number of Topliss-reactive ketones (excluding diaryl/α,β-unsaturated/α-hetero) is 1. The summed E-state index contributed by atoms with van der Waals surface area (Å²) in [6.45, 7) is 7.34. The van der Waals surface area contributed by atoms with Crippen LogP contribution >= 0.6 is 11.3 Å². The van der Waals surface area contributed by atoms with E-state index in [1.54, 1.807) is 43.3 Å². The van der Waals surface area contributed by atoms with Gasteiger partial charge in [0, 0.05) is 5.56 Å². The third-order valence-corrected chi connectivity index (χ3v) is 8.50. The number of carbonyl (C=O) groups excluding carboxylic acids is 3. The van der Waals surface area contributed by atoms with E-state index in [-0.39, 0.29) is 27.9 Å². The van der Waals surface area contributed by atoms with Crippen molar-refractivity contribution in [2.24, 2.45) is 0 Å². The van der Waals surface area contributed by atoms with Crippen LogP contribution in [-0.4, -0.2) is 48.6 Å². The average molecular weight is 641 g/mol. The summed E-state index contributed by atoms with van der Waals surface area (Å²) in [4.78, 5) is 45.9. The number of benzene rings is 3. The topological polar surface area (TPSA) is 124 Å². The molecule has 11 heteroatoms. The minimum atomic E-state index is -1.11. The Labute approximate surface area is 270 Å². The number of nitrogens with zero attached hydrogens (tertiary/aromatic N) is 2. The van der Waals surface area contributed by atoms with E-state index in [1.807, 2.05) is 37.3 Å². The average Bonchev–Trinajstić information content (AvgIpc) is 3.58. The maximum Gasteiger partial charge on any atom is 0.350 e. The van der Waals surface area contributed by atoms with E-state index in [0.717, 1.165) is 22.5 Å². The van der Waals surface area contributed by atoms with Crippen LogP contribution in [-0.2, 0) is 20.9 Å². The van der Waals surface area contributed by atoms with E-state index >= 15 is 0 Å². The largest absolute Gasteiger partial charge is 0.507 e. The smallest absolute Gasteiger partial charge is 0.350 e. The predicted molar refractivity (Wildman–Crippen MR) is 174 cm³/mol. The number of carbonyl (C=O) groups is 3. The molecule has 2 heterocycles. The van der Waals surface area contributed by atoms with Gasteiger partial charge in [0.15, 0.2) is 16.6 Å². The lowest BCUT2D eigenvalue weighted by molar-refractivity contribution is -0.132. The van der Waals surface area contributed by atoms with E-state index in [1.165, 1.54) is 25.2 Å². The molecule has 3 aromatic carbocycles. The first-order valence-electron chi connectivity index (χ1n) is 14.2. The van der Waals surface area contributed by atoms with Gasteiger partial charge in [-0.3, -0.25) is 14.5 Å². The third kappa shape index (κ3) is 6.22. The fraction of sp³-hybridized carbons (Fsp3) is 0.200. The number of esters is 1. The van der Waals surface area contributed by atoms with Gasteiger partial charge in [0.05, 0.1) is 31.5 Å². The number of ketones is 1. The fourth-order valence-corrected chi connectivity index (χ4v) is 6.08. The minimum Gasteiger partial charge on any atom is -0.507 e. The highest BCUT2D eigenvalue weighted by atomic mass is 32.1. The molecule has 1 saturated heterocycles. The van der Waals surface area contributed by atoms with Gasteiger partial charge in [-0.25, -0.2) is 9.78 Å². The summed E-state index contributed by atoms with van der Waals surface area (Å²) in [7, 11) is 2.96. The molecule has 0 radical (unpaired) electrons. The molecule has 1 aliphatic rings. The number of amides is 1. The molecule has 236 valence electrons. The van der Waals surface area contributed by atoms with E-state index in [0.29, 0.717) is 40.7 Å². The van der Waals surface area contributed by atoms with Crippen molar-refractivity contribution in [3.05, 3.63) is 118 Å². The van der Waals surface area contributed by atoms with Gasteiger partial charge in [0.1, 0.15) is 29.6 Å². The maximum atomic E-state index is 13.7. The highest BCUT2D eigenvalue weighted by Crippen LogP contribution is 2.45. The molecule has 46 heavy (non-hydrogen) atoms. The predicted octanol–water partition coefficient (Wildman–Crippen LogP) is 6.33. The van der Waals surface area contributed by atoms with E-state index in [4.69, 9.17) is 18.9 Å². The van der Waals surface area contributed by atoms with Gasteiger partial charge >= 0.3 is 11.9 Å². The Morgan fingerprint density at radius 3 is 2.39 bits per heavy atom. The van der Waals surface area contributed by atoms with Crippen LogP contribution in [0, 0.1) is 13.8 Å². The molecule has 1 atom stereocenters. The zero-order valence-electron chi connectivity index (χ0n) is 25.7. The van der Waals surface area contributed by atoms with Crippen molar-refractivity contribution in [3.63, 3.8) is 0 Å². The van der Waals surface area contributed by atoms with Gasteiger partial charge in [-0.1, -0.05) is 60.4 Å². The second-order valence-electron chi connectivity index (χ2n) is 10.3. The lowest BCUT2D eigenvalue weighted by Crippen LogP contribution is -2.29. The molecule has 0 bridgehead atoms. The molecule has 4 aromatic rings. The van der Waals surface area contributed by atoms with Crippen molar-refractivity contribution in [1.82, 2.24) is 4.98 Å². The summed E-state index contributed by atoms with van der Waals surface area (Å²) < 4.78 is 22.1. The second-order valence-corrected chi connectivity index (χ2v) is 11.3. The van der Waals surface area contributed by atoms with Crippen molar-refractivity contribution in [1.29, 1.82) is 0 Å². The summed E-state index contributed by atoms with van der Waals surface area (Å²) in [5.41, 5.74) is 2.65. The third-order valence-electron chi connectivity index (χ3n) is 7.36.